The average molecular weight is 390 g/mol. The van der Waals surface area contributed by atoms with Crippen LogP contribution in [0.4, 0.5) is 4.39 Å². The van der Waals surface area contributed by atoms with Crippen LogP contribution in [-0.4, -0.2) is 45.1 Å². The number of rotatable bonds is 9. The van der Waals surface area contributed by atoms with Gasteiger partial charge >= 0.3 is 5.97 Å². The lowest BCUT2D eigenvalue weighted by molar-refractivity contribution is 0.00695. The Bertz CT molecular complexity index is 765. The lowest BCUT2D eigenvalue weighted by atomic mass is 10.0. The number of carbonyl (C=O) groups excluding carboxylic acids is 1. The topological polar surface area (TPSA) is 54.0 Å². The van der Waals surface area contributed by atoms with Crippen LogP contribution in [0.1, 0.15) is 31.1 Å². The molecule has 0 saturated heterocycles. The minimum absolute atomic E-state index is 0.305. The van der Waals surface area contributed by atoms with Gasteiger partial charge in [-0.15, -0.1) is 0 Å². The van der Waals surface area contributed by atoms with Crippen LogP contribution in [0, 0.1) is 5.82 Å². The van der Waals surface area contributed by atoms with Crippen molar-refractivity contribution in [3.05, 3.63) is 53.8 Å². The van der Waals surface area contributed by atoms with Gasteiger partial charge in [-0.1, -0.05) is 12.1 Å². The summed E-state index contributed by atoms with van der Waals surface area (Å²) in [6, 6.07) is 11.2. The minimum atomic E-state index is -0.613. The van der Waals surface area contributed by atoms with Crippen LogP contribution in [0.2, 0.25) is 0 Å². The van der Waals surface area contributed by atoms with E-state index in [1.165, 1.54) is 18.2 Å². The quantitative estimate of drug-likeness (QED) is 0.466. The van der Waals surface area contributed by atoms with Crippen LogP contribution < -0.4 is 4.74 Å². The third kappa shape index (κ3) is 6.94. The van der Waals surface area contributed by atoms with Gasteiger partial charge in [-0.25, -0.2) is 9.18 Å². The zero-order valence-electron chi connectivity index (χ0n) is 16.8. The maximum Gasteiger partial charge on any atom is 0.338 e. The van der Waals surface area contributed by atoms with Gasteiger partial charge in [0.25, 0.3) is 0 Å². The van der Waals surface area contributed by atoms with Crippen molar-refractivity contribution in [3.8, 4) is 16.9 Å². The molecule has 0 aliphatic carbocycles. The minimum Gasteiger partial charge on any atom is -0.491 e. The van der Waals surface area contributed by atoms with Crippen LogP contribution in [0.3, 0.4) is 0 Å². The fourth-order valence-corrected chi connectivity index (χ4v) is 2.40. The largest absolute Gasteiger partial charge is 0.491 e. The molecule has 5 nitrogen and oxygen atoms in total. The molecule has 0 bridgehead atoms. The summed E-state index contributed by atoms with van der Waals surface area (Å²) in [6.45, 7) is 7.29. The number of halogens is 1. The highest BCUT2D eigenvalue weighted by molar-refractivity contribution is 5.91. The number of carbonyl (C=O) groups is 1. The number of hydrogen-bond donors (Lipinski definition) is 0. The van der Waals surface area contributed by atoms with E-state index >= 15 is 0 Å². The molecule has 0 unspecified atom stereocenters. The van der Waals surface area contributed by atoms with E-state index in [-0.39, 0.29) is 0 Å². The van der Waals surface area contributed by atoms with Crippen molar-refractivity contribution < 1.29 is 28.1 Å². The van der Waals surface area contributed by atoms with E-state index in [0.29, 0.717) is 48.9 Å². The van der Waals surface area contributed by atoms with Gasteiger partial charge in [-0.2, -0.15) is 0 Å². The van der Waals surface area contributed by atoms with E-state index in [9.17, 15) is 9.18 Å². The summed E-state index contributed by atoms with van der Waals surface area (Å²) in [5.74, 6) is -0.238. The molecule has 0 spiro atoms. The molecule has 152 valence electrons. The van der Waals surface area contributed by atoms with Crippen molar-refractivity contribution >= 4 is 5.97 Å². The number of ether oxygens (including phenoxy) is 4. The second-order valence-electron chi connectivity index (χ2n) is 7.17. The Morgan fingerprint density at radius 2 is 1.64 bits per heavy atom. The first kappa shape index (κ1) is 21.9. The summed E-state index contributed by atoms with van der Waals surface area (Å²) in [6.07, 6.45) is 0. The molecule has 0 aliphatic rings. The van der Waals surface area contributed by atoms with Gasteiger partial charge in [0.15, 0.2) is 0 Å². The summed E-state index contributed by atoms with van der Waals surface area (Å²) >= 11 is 0. The Labute approximate surface area is 165 Å². The standard InChI is InChI=1S/C22H27FO5/c1-22(2,3)28-21(24)17-7-10-20(23)19(15-17)16-5-8-18(9-6-16)27-14-13-26-12-11-25-4/h5-10,15H,11-14H2,1-4H3. The van der Waals surface area contributed by atoms with Crippen molar-refractivity contribution in [2.45, 2.75) is 26.4 Å². The van der Waals surface area contributed by atoms with Crippen molar-refractivity contribution in [1.82, 2.24) is 0 Å². The number of methoxy groups -OCH3 is 1. The van der Waals surface area contributed by atoms with Gasteiger partial charge in [0.2, 0.25) is 0 Å². The first-order valence-electron chi connectivity index (χ1n) is 9.13. The highest BCUT2D eigenvalue weighted by atomic mass is 19.1. The van der Waals surface area contributed by atoms with E-state index in [1.807, 2.05) is 0 Å². The van der Waals surface area contributed by atoms with E-state index in [1.54, 1.807) is 52.1 Å². The Hall–Kier alpha value is -2.44. The molecule has 0 aromatic heterocycles. The third-order valence-corrected chi connectivity index (χ3v) is 3.69. The molecular weight excluding hydrogens is 363 g/mol. The molecule has 28 heavy (non-hydrogen) atoms. The molecular formula is C22H27FO5. The molecule has 0 aliphatic heterocycles. The molecule has 2 aromatic rings. The van der Waals surface area contributed by atoms with Gasteiger partial charge < -0.3 is 18.9 Å². The van der Waals surface area contributed by atoms with Crippen LogP contribution in [0.15, 0.2) is 42.5 Å². The van der Waals surface area contributed by atoms with E-state index in [0.717, 1.165) is 0 Å². The fourth-order valence-electron chi connectivity index (χ4n) is 2.40. The zero-order chi connectivity index (χ0) is 20.6. The lowest BCUT2D eigenvalue weighted by Gasteiger charge is -2.19. The second kappa shape index (κ2) is 10.2. The molecule has 0 fully saturated rings. The SMILES string of the molecule is COCCOCCOc1ccc(-c2cc(C(=O)OC(C)(C)C)ccc2F)cc1. The van der Waals surface area contributed by atoms with Crippen LogP contribution >= 0.6 is 0 Å². The van der Waals surface area contributed by atoms with Crippen LogP contribution in [0.25, 0.3) is 11.1 Å². The highest BCUT2D eigenvalue weighted by Crippen LogP contribution is 2.27. The Kier molecular flexibility index (Phi) is 7.96. The first-order chi connectivity index (χ1) is 13.3. The third-order valence-electron chi connectivity index (χ3n) is 3.69. The van der Waals surface area contributed by atoms with E-state index < -0.39 is 17.4 Å². The first-order valence-corrected chi connectivity index (χ1v) is 9.13. The van der Waals surface area contributed by atoms with E-state index in [2.05, 4.69) is 0 Å². The average Bonchev–Trinajstić information content (AvgIpc) is 2.64. The summed E-state index contributed by atoms with van der Waals surface area (Å²) < 4.78 is 35.5. The maximum atomic E-state index is 14.3. The molecule has 6 heteroatoms. The Morgan fingerprint density at radius 3 is 2.29 bits per heavy atom. The van der Waals surface area contributed by atoms with Gasteiger partial charge in [-0.05, 0) is 56.7 Å². The molecule has 0 heterocycles. The maximum absolute atomic E-state index is 14.3. The van der Waals surface area contributed by atoms with Gasteiger partial charge in [0.1, 0.15) is 23.8 Å². The van der Waals surface area contributed by atoms with Gasteiger partial charge in [0, 0.05) is 12.7 Å². The molecule has 2 rings (SSSR count). The number of hydrogen-bond acceptors (Lipinski definition) is 5. The molecule has 0 amide bonds. The van der Waals surface area contributed by atoms with Crippen molar-refractivity contribution in [2.75, 3.05) is 33.5 Å². The highest BCUT2D eigenvalue weighted by Gasteiger charge is 2.19. The van der Waals surface area contributed by atoms with Crippen molar-refractivity contribution in [3.63, 3.8) is 0 Å². The normalized spacial score (nSPS) is 11.3. The monoisotopic (exact) mass is 390 g/mol. The van der Waals surface area contributed by atoms with Gasteiger partial charge in [0.05, 0.1) is 25.4 Å². The summed E-state index contributed by atoms with van der Waals surface area (Å²) in [7, 11) is 1.62. The Morgan fingerprint density at radius 1 is 0.964 bits per heavy atom. The predicted octanol–water partition coefficient (Wildman–Crippen LogP) is 4.49. The van der Waals surface area contributed by atoms with Gasteiger partial charge in [-0.3, -0.25) is 0 Å². The number of esters is 1. The molecule has 2 aromatic carbocycles. The summed E-state index contributed by atoms with van der Waals surface area (Å²) in [4.78, 5) is 12.2. The predicted molar refractivity (Wildman–Crippen MR) is 105 cm³/mol. The van der Waals surface area contributed by atoms with Crippen LogP contribution in [0.5, 0.6) is 5.75 Å². The second-order valence-corrected chi connectivity index (χ2v) is 7.17. The van der Waals surface area contributed by atoms with E-state index in [4.69, 9.17) is 18.9 Å². The van der Waals surface area contributed by atoms with Crippen LogP contribution in [-0.2, 0) is 14.2 Å². The molecule has 0 radical (unpaired) electrons. The molecule has 0 atom stereocenters. The lowest BCUT2D eigenvalue weighted by Crippen LogP contribution is -2.23. The van der Waals surface area contributed by atoms with Crippen molar-refractivity contribution in [2.24, 2.45) is 0 Å². The molecule has 0 saturated carbocycles. The zero-order valence-corrected chi connectivity index (χ0v) is 16.8. The summed E-state index contributed by atoms with van der Waals surface area (Å²) in [5.41, 5.74) is 0.669. The molecule has 0 N–H and O–H groups in total. The fraction of sp³-hybridized carbons (Fsp3) is 0.409. The smallest absolute Gasteiger partial charge is 0.338 e. The summed E-state index contributed by atoms with van der Waals surface area (Å²) in [5, 5.41) is 0. The van der Waals surface area contributed by atoms with Crippen molar-refractivity contribution in [1.29, 1.82) is 0 Å². The Balaban J connectivity index is 2.02. The number of benzene rings is 2.